The molecule has 5 aliphatic rings. The van der Waals surface area contributed by atoms with Crippen molar-refractivity contribution in [3.63, 3.8) is 0 Å². The van der Waals surface area contributed by atoms with E-state index in [0.29, 0.717) is 17.8 Å². The number of anilines is 2. The summed E-state index contributed by atoms with van der Waals surface area (Å²) in [6, 6.07) is 5.37. The molecule has 0 spiro atoms. The first-order valence-corrected chi connectivity index (χ1v) is 16.8. The highest BCUT2D eigenvalue weighted by molar-refractivity contribution is 7.89. The fraction of sp³-hybridized carbons (Fsp3) is 0.500. The number of hydrogen-bond donors (Lipinski definition) is 6. The second-order valence-corrected chi connectivity index (χ2v) is 14.6. The van der Waals surface area contributed by atoms with Gasteiger partial charge in [-0.3, -0.25) is 14.7 Å². The third-order valence-electron chi connectivity index (χ3n) is 9.57. The fourth-order valence-corrected chi connectivity index (χ4v) is 9.58. The minimum Gasteiger partial charge on any atom is -0.387 e. The van der Waals surface area contributed by atoms with Crippen molar-refractivity contribution in [1.29, 1.82) is 0 Å². The van der Waals surface area contributed by atoms with Crippen molar-refractivity contribution in [2.75, 3.05) is 17.2 Å². The summed E-state index contributed by atoms with van der Waals surface area (Å²) in [7, 11) is -3.83. The van der Waals surface area contributed by atoms with E-state index in [9.17, 15) is 28.2 Å². The Morgan fingerprint density at radius 1 is 1.04 bits per heavy atom. The first-order chi connectivity index (χ1) is 22.0. The van der Waals surface area contributed by atoms with Gasteiger partial charge in [-0.1, -0.05) is 12.1 Å². The molecule has 16 heteroatoms. The minimum absolute atomic E-state index is 0.0295. The molecule has 4 bridgehead atoms. The third-order valence-corrected chi connectivity index (χ3v) is 11.1. The molecular weight excluding hydrogens is 616 g/mol. The molecule has 8 rings (SSSR count). The maximum absolute atomic E-state index is 13.5. The van der Waals surface area contributed by atoms with Crippen LogP contribution in [0, 0.1) is 17.8 Å². The molecule has 3 aromatic rings. The summed E-state index contributed by atoms with van der Waals surface area (Å²) in [5.41, 5.74) is 0.183. The van der Waals surface area contributed by atoms with Crippen molar-refractivity contribution in [2.24, 2.45) is 17.8 Å². The van der Waals surface area contributed by atoms with E-state index in [2.05, 4.69) is 42.2 Å². The second kappa shape index (κ2) is 11.7. The molecule has 15 nitrogen and oxygen atoms in total. The van der Waals surface area contributed by atoms with Crippen LogP contribution >= 0.6 is 0 Å². The van der Waals surface area contributed by atoms with Gasteiger partial charge >= 0.3 is 6.03 Å². The highest BCUT2D eigenvalue weighted by atomic mass is 32.2. The smallest absolute Gasteiger partial charge is 0.324 e. The maximum atomic E-state index is 13.5. The van der Waals surface area contributed by atoms with Crippen molar-refractivity contribution >= 4 is 44.6 Å². The minimum atomic E-state index is -3.83. The third kappa shape index (κ3) is 5.64. The van der Waals surface area contributed by atoms with Crippen molar-refractivity contribution in [3.05, 3.63) is 49.6 Å². The number of sulfonamides is 1. The molecule has 1 aliphatic heterocycles. The molecule has 46 heavy (non-hydrogen) atoms. The normalized spacial score (nSPS) is 31.6. The van der Waals surface area contributed by atoms with Crippen LogP contribution in [0.15, 0.2) is 54.5 Å². The zero-order chi connectivity index (χ0) is 32.2. The number of aliphatic hydroxyl groups excluding tert-OH is 2. The highest BCUT2D eigenvalue weighted by Crippen LogP contribution is 2.56. The van der Waals surface area contributed by atoms with Crippen molar-refractivity contribution in [3.8, 4) is 0 Å². The Balaban J connectivity index is 1.04. The zero-order valence-corrected chi connectivity index (χ0v) is 25.7. The number of carbonyl (C=O) groups is 2. The molecule has 2 aromatic heterocycles. The molecule has 244 valence electrons. The largest absolute Gasteiger partial charge is 0.387 e. The first-order valence-electron chi connectivity index (χ1n) is 15.3. The Morgan fingerprint density at radius 3 is 2.46 bits per heavy atom. The van der Waals surface area contributed by atoms with Gasteiger partial charge in [0.25, 0.3) is 5.91 Å². The highest BCUT2D eigenvalue weighted by Gasteiger charge is 2.52. The summed E-state index contributed by atoms with van der Waals surface area (Å²) < 4.78 is 37.1. The molecule has 6 N–H and O–H groups in total. The molecular formula is C30H36N8O7S. The summed E-state index contributed by atoms with van der Waals surface area (Å²) in [4.78, 5) is 38.0. The van der Waals surface area contributed by atoms with Gasteiger partial charge < -0.3 is 25.6 Å². The lowest BCUT2D eigenvalue weighted by Crippen LogP contribution is -2.59. The van der Waals surface area contributed by atoms with Gasteiger partial charge in [-0.2, -0.15) is 0 Å². The molecule has 1 aromatic carbocycles. The Kier molecular flexibility index (Phi) is 7.79. The van der Waals surface area contributed by atoms with Gasteiger partial charge in [0.15, 0.2) is 29.3 Å². The van der Waals surface area contributed by atoms with Gasteiger partial charge in [-0.25, -0.2) is 32.9 Å². The fourth-order valence-electron chi connectivity index (χ4n) is 8.10. The molecule has 4 saturated carbocycles. The first kappa shape index (κ1) is 30.7. The SMILES string of the molecule is C=CCNC(=O)[C@H]1O[C@@H](n2cnc3c(NC(=O)Nc4cccc(S(=O)(=O)NC56CC7CC(CC(C7)C5)C6)c4)ncnc32)[C@H](O)[C@@H]1O. The second-order valence-electron chi connectivity index (χ2n) is 12.9. The van der Waals surface area contributed by atoms with Gasteiger partial charge in [0.2, 0.25) is 10.0 Å². The van der Waals surface area contributed by atoms with Crippen LogP contribution in [0.5, 0.6) is 0 Å². The summed E-state index contributed by atoms with van der Waals surface area (Å²) in [6.07, 6.45) is 4.61. The number of nitrogens with one attached hydrogen (secondary N) is 4. The van der Waals surface area contributed by atoms with Crippen molar-refractivity contribution in [1.82, 2.24) is 29.6 Å². The van der Waals surface area contributed by atoms with Gasteiger partial charge in [-0.15, -0.1) is 6.58 Å². The molecule has 3 amide bonds. The van der Waals surface area contributed by atoms with E-state index >= 15 is 0 Å². The van der Waals surface area contributed by atoms with Gasteiger partial charge in [0.1, 0.15) is 18.5 Å². The number of rotatable bonds is 9. The number of fused-ring (bicyclic) bond motifs is 1. The lowest BCUT2D eigenvalue weighted by atomic mass is 9.53. The Labute approximate surface area is 264 Å². The average molecular weight is 653 g/mol. The predicted molar refractivity (Wildman–Crippen MR) is 165 cm³/mol. The number of hydrogen-bond acceptors (Lipinski definition) is 10. The van der Waals surface area contributed by atoms with E-state index in [1.165, 1.54) is 54.7 Å². The molecule has 4 atom stereocenters. The van der Waals surface area contributed by atoms with Crippen LogP contribution in [-0.4, -0.2) is 80.5 Å². The van der Waals surface area contributed by atoms with Gasteiger partial charge in [-0.05, 0) is 74.5 Å². The summed E-state index contributed by atoms with van der Waals surface area (Å²) >= 11 is 0. The van der Waals surface area contributed by atoms with Crippen LogP contribution in [0.3, 0.4) is 0 Å². The monoisotopic (exact) mass is 652 g/mol. The number of aliphatic hydroxyl groups is 2. The van der Waals surface area contributed by atoms with Crippen LogP contribution in [0.25, 0.3) is 11.2 Å². The molecule has 5 fully saturated rings. The number of aromatic nitrogens is 4. The lowest BCUT2D eigenvalue weighted by Gasteiger charge is -2.56. The zero-order valence-electron chi connectivity index (χ0n) is 24.9. The van der Waals surface area contributed by atoms with E-state index in [1.807, 2.05) is 0 Å². The van der Waals surface area contributed by atoms with E-state index in [1.54, 1.807) is 12.1 Å². The number of benzene rings is 1. The van der Waals surface area contributed by atoms with Crippen LogP contribution in [0.4, 0.5) is 16.3 Å². The molecule has 3 heterocycles. The maximum Gasteiger partial charge on any atom is 0.324 e. The predicted octanol–water partition coefficient (Wildman–Crippen LogP) is 1.64. The Hall–Kier alpha value is -3.96. The van der Waals surface area contributed by atoms with E-state index in [-0.39, 0.29) is 34.1 Å². The molecule has 0 radical (unpaired) electrons. The lowest BCUT2D eigenvalue weighted by molar-refractivity contribution is -0.137. The van der Waals surface area contributed by atoms with Gasteiger partial charge in [0.05, 0.1) is 11.2 Å². The number of urea groups is 1. The Morgan fingerprint density at radius 2 is 1.76 bits per heavy atom. The summed E-state index contributed by atoms with van der Waals surface area (Å²) in [5.74, 6) is 1.16. The molecule has 1 saturated heterocycles. The topological polar surface area (TPSA) is 210 Å². The van der Waals surface area contributed by atoms with Gasteiger partial charge in [0, 0.05) is 17.8 Å². The van der Waals surface area contributed by atoms with E-state index < -0.39 is 52.0 Å². The van der Waals surface area contributed by atoms with E-state index in [4.69, 9.17) is 4.74 Å². The number of carbonyl (C=O) groups excluding carboxylic acids is 2. The van der Waals surface area contributed by atoms with Crippen LogP contribution < -0.4 is 20.7 Å². The standard InChI is InChI=1S/C30H36N8O7S/c1-2-6-31-27(41)24-22(39)23(40)28(45-24)38-15-34-21-25(32-14-33-26(21)38)36-29(42)35-19-4-3-5-20(10-19)46(43,44)37-30-11-16-7-17(12-30)9-18(8-16)13-30/h2-5,10,14-18,22-24,28,37,39-40H,1,6-9,11-13H2,(H,31,41)(H2,32,33,35,36,42)/t16?,17?,18?,22-,23+,24-,28+,30?/m0/s1. The van der Waals surface area contributed by atoms with Crippen molar-refractivity contribution in [2.45, 2.75) is 73.5 Å². The quantitative estimate of drug-likeness (QED) is 0.184. The van der Waals surface area contributed by atoms with Crippen molar-refractivity contribution < 1.29 is 33.0 Å². The summed E-state index contributed by atoms with van der Waals surface area (Å²) in [5, 5.41) is 28.9. The number of imidazole rings is 1. The van der Waals surface area contributed by atoms with Crippen LogP contribution in [0.2, 0.25) is 0 Å². The summed E-state index contributed by atoms with van der Waals surface area (Å²) in [6.45, 7) is 3.68. The molecule has 0 unspecified atom stereocenters. The molecule has 4 aliphatic carbocycles. The number of nitrogens with zero attached hydrogens (tertiary/aromatic N) is 4. The van der Waals surface area contributed by atoms with Crippen LogP contribution in [-0.2, 0) is 19.6 Å². The Bertz CT molecular complexity index is 1760. The van der Waals surface area contributed by atoms with E-state index in [0.717, 1.165) is 19.3 Å². The van der Waals surface area contributed by atoms with Crippen LogP contribution in [0.1, 0.15) is 44.8 Å². The average Bonchev–Trinajstić information content (AvgIpc) is 3.56. The number of amides is 3. The number of ether oxygens (including phenoxy) is 1.